The summed E-state index contributed by atoms with van der Waals surface area (Å²) in [6, 6.07) is 0.625. The molecule has 1 unspecified atom stereocenters. The summed E-state index contributed by atoms with van der Waals surface area (Å²) in [6.07, 6.45) is 4.54. The molecule has 0 spiro atoms. The van der Waals surface area contributed by atoms with Gasteiger partial charge in [-0.15, -0.1) is 0 Å². The monoisotopic (exact) mass is 229 g/mol. The van der Waals surface area contributed by atoms with Gasteiger partial charge in [0.25, 0.3) is 0 Å². The maximum atomic E-state index is 8.86. The van der Waals surface area contributed by atoms with Gasteiger partial charge >= 0.3 is 0 Å². The van der Waals surface area contributed by atoms with Gasteiger partial charge in [-0.25, -0.2) is 0 Å². The molecule has 1 saturated carbocycles. The first kappa shape index (κ1) is 13.3. The Kier molecular flexibility index (Phi) is 5.55. The lowest BCUT2D eigenvalue weighted by molar-refractivity contribution is 0.109. The maximum absolute atomic E-state index is 8.86. The molecule has 0 heterocycles. The van der Waals surface area contributed by atoms with E-state index in [-0.39, 0.29) is 18.4 Å². The molecule has 0 aromatic heterocycles. The molecule has 1 rings (SSSR count). The predicted molar refractivity (Wildman–Crippen MR) is 63.5 cm³/mol. The molecule has 0 aromatic carbocycles. The SMILES string of the molecule is CC(CN(CCCO)C1CCC1)C(N)=NO. The Morgan fingerprint density at radius 1 is 1.56 bits per heavy atom. The summed E-state index contributed by atoms with van der Waals surface area (Å²) >= 11 is 0. The molecule has 94 valence electrons. The molecule has 0 bridgehead atoms. The summed E-state index contributed by atoms with van der Waals surface area (Å²) in [7, 11) is 0. The normalized spacial score (nSPS) is 19.8. The van der Waals surface area contributed by atoms with E-state index in [1.807, 2.05) is 6.92 Å². The van der Waals surface area contributed by atoms with Crippen LogP contribution in [0.1, 0.15) is 32.6 Å². The minimum atomic E-state index is 0.0595. The molecule has 0 aromatic rings. The fraction of sp³-hybridized carbons (Fsp3) is 0.909. The van der Waals surface area contributed by atoms with Crippen molar-refractivity contribution in [2.24, 2.45) is 16.8 Å². The number of nitrogens with zero attached hydrogens (tertiary/aromatic N) is 2. The molecule has 0 amide bonds. The molecular formula is C11H23N3O2. The number of rotatable bonds is 7. The third-order valence-electron chi connectivity index (χ3n) is 3.32. The molecule has 1 aliphatic rings. The van der Waals surface area contributed by atoms with Gasteiger partial charge in [0.15, 0.2) is 0 Å². The van der Waals surface area contributed by atoms with E-state index in [9.17, 15) is 0 Å². The highest BCUT2D eigenvalue weighted by atomic mass is 16.4. The van der Waals surface area contributed by atoms with Crippen molar-refractivity contribution in [2.45, 2.75) is 38.6 Å². The second-order valence-corrected chi connectivity index (χ2v) is 4.58. The summed E-state index contributed by atoms with van der Waals surface area (Å²) < 4.78 is 0. The van der Waals surface area contributed by atoms with Gasteiger partial charge in [0.1, 0.15) is 5.84 Å². The van der Waals surface area contributed by atoms with Crippen LogP contribution in [0.15, 0.2) is 5.16 Å². The Bertz CT molecular complexity index is 229. The number of aliphatic hydroxyl groups is 1. The number of hydrogen-bond acceptors (Lipinski definition) is 4. The Balaban J connectivity index is 2.42. The van der Waals surface area contributed by atoms with Crippen LogP contribution in [-0.4, -0.2) is 46.8 Å². The second kappa shape index (κ2) is 6.70. The molecule has 5 nitrogen and oxygen atoms in total. The van der Waals surface area contributed by atoms with Crippen LogP contribution < -0.4 is 5.73 Å². The fourth-order valence-electron chi connectivity index (χ4n) is 1.99. The van der Waals surface area contributed by atoms with Crippen molar-refractivity contribution in [3.63, 3.8) is 0 Å². The number of hydrogen-bond donors (Lipinski definition) is 3. The van der Waals surface area contributed by atoms with Crippen LogP contribution in [0, 0.1) is 5.92 Å². The third-order valence-corrected chi connectivity index (χ3v) is 3.32. The van der Waals surface area contributed by atoms with Crippen LogP contribution in [0.2, 0.25) is 0 Å². The van der Waals surface area contributed by atoms with E-state index in [0.29, 0.717) is 6.04 Å². The summed E-state index contributed by atoms with van der Waals surface area (Å²) in [6.45, 7) is 3.88. The van der Waals surface area contributed by atoms with E-state index in [1.54, 1.807) is 0 Å². The van der Waals surface area contributed by atoms with E-state index in [0.717, 1.165) is 19.5 Å². The van der Waals surface area contributed by atoms with Crippen molar-refractivity contribution in [1.29, 1.82) is 0 Å². The highest BCUT2D eigenvalue weighted by Gasteiger charge is 2.26. The van der Waals surface area contributed by atoms with Crippen molar-refractivity contribution in [3.05, 3.63) is 0 Å². The molecule has 16 heavy (non-hydrogen) atoms. The van der Waals surface area contributed by atoms with E-state index in [1.165, 1.54) is 19.3 Å². The summed E-state index contributed by atoms with van der Waals surface area (Å²) in [5, 5.41) is 20.5. The zero-order valence-electron chi connectivity index (χ0n) is 9.97. The quantitative estimate of drug-likeness (QED) is 0.258. The lowest BCUT2D eigenvalue weighted by Crippen LogP contribution is -2.45. The first-order valence-electron chi connectivity index (χ1n) is 6.01. The standard InChI is InChI=1S/C11H23N3O2/c1-9(11(12)13-16)8-14(6-3-7-15)10-4-2-5-10/h9-10,15-16H,2-8H2,1H3,(H2,12,13). The van der Waals surface area contributed by atoms with Gasteiger partial charge in [0, 0.05) is 31.7 Å². The summed E-state index contributed by atoms with van der Waals surface area (Å²) in [5.41, 5.74) is 5.58. The summed E-state index contributed by atoms with van der Waals surface area (Å²) in [5.74, 6) is 0.345. The van der Waals surface area contributed by atoms with Crippen LogP contribution in [0.25, 0.3) is 0 Å². The molecule has 0 aliphatic heterocycles. The number of aliphatic hydroxyl groups excluding tert-OH is 1. The van der Waals surface area contributed by atoms with Gasteiger partial charge in [-0.05, 0) is 19.3 Å². The highest BCUT2D eigenvalue weighted by molar-refractivity contribution is 5.82. The average molecular weight is 229 g/mol. The zero-order valence-corrected chi connectivity index (χ0v) is 9.97. The number of amidine groups is 1. The van der Waals surface area contributed by atoms with Crippen molar-refractivity contribution >= 4 is 5.84 Å². The van der Waals surface area contributed by atoms with Crippen LogP contribution >= 0.6 is 0 Å². The second-order valence-electron chi connectivity index (χ2n) is 4.58. The van der Waals surface area contributed by atoms with Crippen molar-refractivity contribution in [3.8, 4) is 0 Å². The van der Waals surface area contributed by atoms with Gasteiger partial charge in [0.2, 0.25) is 0 Å². The van der Waals surface area contributed by atoms with Crippen LogP contribution in [-0.2, 0) is 0 Å². The molecule has 4 N–H and O–H groups in total. The van der Waals surface area contributed by atoms with E-state index >= 15 is 0 Å². The van der Waals surface area contributed by atoms with Gasteiger partial charge in [-0.3, -0.25) is 4.90 Å². The molecular weight excluding hydrogens is 206 g/mol. The largest absolute Gasteiger partial charge is 0.409 e. The van der Waals surface area contributed by atoms with E-state index in [2.05, 4.69) is 10.1 Å². The molecule has 0 radical (unpaired) electrons. The molecule has 1 atom stereocenters. The van der Waals surface area contributed by atoms with Crippen LogP contribution in [0.5, 0.6) is 0 Å². The Morgan fingerprint density at radius 2 is 2.25 bits per heavy atom. The molecule has 5 heteroatoms. The first-order valence-corrected chi connectivity index (χ1v) is 6.01. The van der Waals surface area contributed by atoms with Gasteiger partial charge in [-0.2, -0.15) is 0 Å². The van der Waals surface area contributed by atoms with Gasteiger partial charge in [-0.1, -0.05) is 18.5 Å². The maximum Gasteiger partial charge on any atom is 0.143 e. The Hall–Kier alpha value is -0.810. The lowest BCUT2D eigenvalue weighted by atomic mass is 9.90. The lowest BCUT2D eigenvalue weighted by Gasteiger charge is -2.38. The minimum absolute atomic E-state index is 0.0595. The minimum Gasteiger partial charge on any atom is -0.409 e. The third kappa shape index (κ3) is 3.64. The van der Waals surface area contributed by atoms with Crippen LogP contribution in [0.4, 0.5) is 0 Å². The van der Waals surface area contributed by atoms with Crippen LogP contribution in [0.3, 0.4) is 0 Å². The Morgan fingerprint density at radius 3 is 2.69 bits per heavy atom. The van der Waals surface area contributed by atoms with E-state index < -0.39 is 0 Å². The topological polar surface area (TPSA) is 82.1 Å². The number of nitrogens with two attached hydrogens (primary N) is 1. The predicted octanol–water partition coefficient (Wildman–Crippen LogP) is 0.606. The molecule has 1 fully saturated rings. The fourth-order valence-corrected chi connectivity index (χ4v) is 1.99. The Labute approximate surface area is 96.9 Å². The van der Waals surface area contributed by atoms with E-state index in [4.69, 9.17) is 16.0 Å². The van der Waals surface area contributed by atoms with Gasteiger partial charge < -0.3 is 16.0 Å². The smallest absolute Gasteiger partial charge is 0.143 e. The summed E-state index contributed by atoms with van der Waals surface area (Å²) in [4.78, 5) is 2.35. The van der Waals surface area contributed by atoms with Crippen molar-refractivity contribution in [1.82, 2.24) is 4.90 Å². The van der Waals surface area contributed by atoms with Gasteiger partial charge in [0.05, 0.1) is 0 Å². The number of oxime groups is 1. The zero-order chi connectivity index (χ0) is 12.0. The molecule has 1 aliphatic carbocycles. The van der Waals surface area contributed by atoms with Crippen molar-refractivity contribution < 1.29 is 10.3 Å². The molecule has 0 saturated heterocycles. The first-order chi connectivity index (χ1) is 7.69. The highest BCUT2D eigenvalue weighted by Crippen LogP contribution is 2.25. The van der Waals surface area contributed by atoms with Crippen molar-refractivity contribution in [2.75, 3.05) is 19.7 Å². The average Bonchev–Trinajstić information content (AvgIpc) is 2.22.